The molecule has 0 spiro atoms. The molecule has 1 saturated heterocycles. The van der Waals surface area contributed by atoms with Crippen molar-refractivity contribution in [3.05, 3.63) is 62.2 Å². The van der Waals surface area contributed by atoms with E-state index in [1.807, 2.05) is 30.3 Å². The van der Waals surface area contributed by atoms with Crippen LogP contribution < -0.4 is 11.1 Å². The molecule has 0 atom stereocenters. The van der Waals surface area contributed by atoms with Crippen LogP contribution in [-0.4, -0.2) is 29.8 Å². The lowest BCUT2D eigenvalue weighted by Crippen LogP contribution is -2.38. The number of nitrogens with two attached hydrogens (primary N) is 1. The molecule has 1 aliphatic heterocycles. The van der Waals surface area contributed by atoms with Gasteiger partial charge in [0.2, 0.25) is 5.91 Å². The van der Waals surface area contributed by atoms with Crippen LogP contribution in [0.5, 0.6) is 0 Å². The molecular weight excluding hydrogens is 477 g/mol. The van der Waals surface area contributed by atoms with Crippen LogP contribution in [0.1, 0.15) is 28.8 Å². The van der Waals surface area contributed by atoms with Gasteiger partial charge in [0.15, 0.2) is 0 Å². The first-order valence-corrected chi connectivity index (χ1v) is 10.2. The first-order chi connectivity index (χ1) is 12.9. The molecule has 27 heavy (non-hydrogen) atoms. The van der Waals surface area contributed by atoms with E-state index >= 15 is 0 Å². The molecule has 2 aromatic carbocycles. The fraction of sp³-hybridized carbons (Fsp3) is 0.300. The number of halogens is 2. The highest BCUT2D eigenvalue weighted by molar-refractivity contribution is 14.1. The van der Waals surface area contributed by atoms with E-state index in [2.05, 4.69) is 32.8 Å². The summed E-state index contributed by atoms with van der Waals surface area (Å²) in [5, 5.41) is 3.48. The van der Waals surface area contributed by atoms with Gasteiger partial charge in [-0.05, 0) is 84.4 Å². The number of amides is 2. The number of primary amides is 1. The van der Waals surface area contributed by atoms with E-state index in [9.17, 15) is 9.59 Å². The third-order valence-corrected chi connectivity index (χ3v) is 5.93. The number of anilines is 1. The maximum Gasteiger partial charge on any atom is 0.256 e. The molecule has 2 aromatic rings. The molecule has 0 bridgehead atoms. The summed E-state index contributed by atoms with van der Waals surface area (Å²) in [6, 6.07) is 13.1. The van der Waals surface area contributed by atoms with Crippen LogP contribution >= 0.6 is 34.2 Å². The van der Waals surface area contributed by atoms with Crippen molar-refractivity contribution in [1.29, 1.82) is 0 Å². The topological polar surface area (TPSA) is 75.4 Å². The highest BCUT2D eigenvalue weighted by Gasteiger charge is 2.23. The van der Waals surface area contributed by atoms with Gasteiger partial charge in [0.05, 0.1) is 5.56 Å². The van der Waals surface area contributed by atoms with Crippen LogP contribution in [0.4, 0.5) is 5.69 Å². The number of nitrogens with one attached hydrogen (secondary N) is 1. The summed E-state index contributed by atoms with van der Waals surface area (Å²) in [5.41, 5.74) is 7.82. The summed E-state index contributed by atoms with van der Waals surface area (Å²) in [5.74, 6) is -0.386. The van der Waals surface area contributed by atoms with E-state index in [0.29, 0.717) is 10.6 Å². The average Bonchev–Trinajstić information content (AvgIpc) is 2.64. The third kappa shape index (κ3) is 5.43. The van der Waals surface area contributed by atoms with Crippen LogP contribution in [0.3, 0.4) is 0 Å². The smallest absolute Gasteiger partial charge is 0.256 e. The second-order valence-electron chi connectivity index (χ2n) is 6.73. The summed E-state index contributed by atoms with van der Waals surface area (Å²) < 4.78 is 0.850. The van der Waals surface area contributed by atoms with E-state index in [1.54, 1.807) is 12.1 Å². The molecular formula is C20H21ClIN3O2. The first kappa shape index (κ1) is 20.1. The van der Waals surface area contributed by atoms with Gasteiger partial charge in [-0.15, -0.1) is 0 Å². The van der Waals surface area contributed by atoms with Gasteiger partial charge in [-0.3, -0.25) is 14.5 Å². The Morgan fingerprint density at radius 1 is 1.19 bits per heavy atom. The third-order valence-electron chi connectivity index (χ3n) is 4.75. The summed E-state index contributed by atoms with van der Waals surface area (Å²) in [6.07, 6.45) is 1.61. The lowest BCUT2D eigenvalue weighted by molar-refractivity contribution is -0.123. The van der Waals surface area contributed by atoms with E-state index in [-0.39, 0.29) is 17.7 Å². The van der Waals surface area contributed by atoms with E-state index in [0.717, 1.165) is 47.3 Å². The number of nitrogens with zero attached hydrogens (tertiary/aromatic N) is 1. The van der Waals surface area contributed by atoms with Crippen molar-refractivity contribution < 1.29 is 9.59 Å². The van der Waals surface area contributed by atoms with Crippen LogP contribution in [0.25, 0.3) is 0 Å². The molecule has 0 aromatic heterocycles. The van der Waals surface area contributed by atoms with Crippen LogP contribution in [0.2, 0.25) is 5.02 Å². The SMILES string of the molecule is NC(=O)C1CCN(Cc2cccc(NC(=O)c3cc(Cl)ccc3I)c2)CC1. The fourth-order valence-corrected chi connectivity index (χ4v) is 4.00. The number of piperidine rings is 1. The Labute approximate surface area is 177 Å². The lowest BCUT2D eigenvalue weighted by Gasteiger charge is -2.30. The molecule has 3 N–H and O–H groups in total. The first-order valence-electron chi connectivity index (χ1n) is 8.79. The predicted octanol–water partition coefficient (Wildman–Crippen LogP) is 3.89. The number of benzene rings is 2. The van der Waals surface area contributed by atoms with Gasteiger partial charge in [-0.2, -0.15) is 0 Å². The minimum absolute atomic E-state index is 0.00737. The van der Waals surface area contributed by atoms with Crippen molar-refractivity contribution >= 4 is 51.7 Å². The van der Waals surface area contributed by atoms with Crippen molar-refractivity contribution in [3.63, 3.8) is 0 Å². The number of carbonyl (C=O) groups excluding carboxylic acids is 2. The number of rotatable bonds is 5. The van der Waals surface area contributed by atoms with Gasteiger partial charge in [-0.25, -0.2) is 0 Å². The van der Waals surface area contributed by atoms with E-state index < -0.39 is 0 Å². The Kier molecular flexibility index (Phi) is 6.73. The van der Waals surface area contributed by atoms with Crippen molar-refractivity contribution in [2.24, 2.45) is 11.7 Å². The minimum atomic E-state index is -0.199. The standard InChI is InChI=1S/C20H21ClIN3O2/c21-15-4-5-18(22)17(11-15)20(27)24-16-3-1-2-13(10-16)12-25-8-6-14(7-9-25)19(23)26/h1-5,10-11,14H,6-9,12H2,(H2,23,26)(H,24,27). The normalized spacial score (nSPS) is 15.5. The Bertz CT molecular complexity index is 851. The minimum Gasteiger partial charge on any atom is -0.369 e. The highest BCUT2D eigenvalue weighted by atomic mass is 127. The summed E-state index contributed by atoms with van der Waals surface area (Å²) in [7, 11) is 0. The zero-order valence-electron chi connectivity index (χ0n) is 14.8. The van der Waals surface area contributed by atoms with Gasteiger partial charge in [0, 0.05) is 26.7 Å². The predicted molar refractivity (Wildman–Crippen MR) is 116 cm³/mol. The Morgan fingerprint density at radius 3 is 2.63 bits per heavy atom. The van der Waals surface area contributed by atoms with Gasteiger partial charge in [0.1, 0.15) is 0 Å². The number of hydrogen-bond acceptors (Lipinski definition) is 3. The molecule has 0 unspecified atom stereocenters. The van der Waals surface area contributed by atoms with Gasteiger partial charge in [-0.1, -0.05) is 23.7 Å². The maximum atomic E-state index is 12.6. The van der Waals surface area contributed by atoms with Gasteiger partial charge < -0.3 is 11.1 Å². The molecule has 142 valence electrons. The van der Waals surface area contributed by atoms with Crippen molar-refractivity contribution in [2.75, 3.05) is 18.4 Å². The zero-order chi connectivity index (χ0) is 19.4. The molecule has 2 amide bonds. The van der Waals surface area contributed by atoms with Crippen molar-refractivity contribution in [1.82, 2.24) is 4.90 Å². The Hall–Kier alpha value is -1.64. The quantitative estimate of drug-likeness (QED) is 0.616. The van der Waals surface area contributed by atoms with Crippen molar-refractivity contribution in [3.8, 4) is 0 Å². The molecule has 1 heterocycles. The lowest BCUT2D eigenvalue weighted by atomic mass is 9.96. The second-order valence-corrected chi connectivity index (χ2v) is 8.33. The molecule has 0 saturated carbocycles. The molecule has 1 fully saturated rings. The summed E-state index contributed by atoms with van der Waals surface area (Å²) >= 11 is 8.13. The number of carbonyl (C=O) groups is 2. The fourth-order valence-electron chi connectivity index (χ4n) is 3.25. The number of likely N-dealkylation sites (tertiary alicyclic amines) is 1. The summed E-state index contributed by atoms with van der Waals surface area (Å²) in [4.78, 5) is 26.1. The van der Waals surface area contributed by atoms with E-state index in [1.165, 1.54) is 0 Å². The molecule has 3 rings (SSSR count). The molecule has 1 aliphatic rings. The van der Waals surface area contributed by atoms with E-state index in [4.69, 9.17) is 17.3 Å². The number of hydrogen-bond donors (Lipinski definition) is 2. The summed E-state index contributed by atoms with van der Waals surface area (Å²) in [6.45, 7) is 2.49. The highest BCUT2D eigenvalue weighted by Crippen LogP contribution is 2.22. The molecule has 0 aliphatic carbocycles. The largest absolute Gasteiger partial charge is 0.369 e. The molecule has 7 heteroatoms. The maximum absolute atomic E-state index is 12.6. The zero-order valence-corrected chi connectivity index (χ0v) is 17.7. The molecule has 5 nitrogen and oxygen atoms in total. The molecule has 0 radical (unpaired) electrons. The Balaban J connectivity index is 1.63. The van der Waals surface area contributed by atoms with Crippen molar-refractivity contribution in [2.45, 2.75) is 19.4 Å². The van der Waals surface area contributed by atoms with Gasteiger partial charge >= 0.3 is 0 Å². The van der Waals surface area contributed by atoms with Crippen LogP contribution in [0, 0.1) is 9.49 Å². The van der Waals surface area contributed by atoms with Crippen LogP contribution in [0.15, 0.2) is 42.5 Å². The average molecular weight is 498 g/mol. The van der Waals surface area contributed by atoms with Gasteiger partial charge in [0.25, 0.3) is 5.91 Å². The Morgan fingerprint density at radius 2 is 1.93 bits per heavy atom. The van der Waals surface area contributed by atoms with Crippen LogP contribution in [-0.2, 0) is 11.3 Å². The monoisotopic (exact) mass is 497 g/mol. The second kappa shape index (κ2) is 9.03.